The fraction of sp³-hybridized carbons (Fsp3) is 0.667. The van der Waals surface area contributed by atoms with Crippen LogP contribution in [-0.4, -0.2) is 72.7 Å². The van der Waals surface area contributed by atoms with Crippen molar-refractivity contribution >= 4 is 21.7 Å². The molecule has 1 aromatic rings. The first-order chi connectivity index (χ1) is 11.4. The van der Waals surface area contributed by atoms with Crippen molar-refractivity contribution in [1.82, 2.24) is 20.0 Å². The Morgan fingerprint density at radius 3 is 2.83 bits per heavy atom. The highest BCUT2D eigenvalue weighted by Crippen LogP contribution is 2.30. The predicted octanol–water partition coefficient (Wildman–Crippen LogP) is 0.142. The number of likely N-dealkylation sites (tertiary alicyclic amines) is 2. The molecule has 1 aromatic heterocycles. The molecule has 0 unspecified atom stereocenters. The van der Waals surface area contributed by atoms with Crippen molar-refractivity contribution in [1.29, 1.82) is 0 Å². The Morgan fingerprint density at radius 2 is 2.17 bits per heavy atom. The highest BCUT2D eigenvalue weighted by atomic mass is 32.2. The van der Waals surface area contributed by atoms with Gasteiger partial charge in [0.2, 0.25) is 11.8 Å². The van der Waals surface area contributed by atoms with Crippen molar-refractivity contribution in [2.45, 2.75) is 36.5 Å². The molecule has 1 N–H and O–H groups in total. The van der Waals surface area contributed by atoms with E-state index in [2.05, 4.69) is 10.2 Å². The largest absolute Gasteiger partial charge is 0.340 e. The number of hydrogen-bond acceptors (Lipinski definition) is 5. The lowest BCUT2D eigenvalue weighted by molar-refractivity contribution is -0.139. The maximum Gasteiger partial charge on any atom is 0.242 e. The second kappa shape index (κ2) is 6.54. The van der Waals surface area contributed by atoms with Crippen LogP contribution in [0, 0.1) is 0 Å². The molecule has 8 nitrogen and oxygen atoms in total. The van der Waals surface area contributed by atoms with Gasteiger partial charge in [0.25, 0.3) is 0 Å². The van der Waals surface area contributed by atoms with Gasteiger partial charge < -0.3 is 9.80 Å². The average Bonchev–Trinajstić information content (AvgIpc) is 3.17. The van der Waals surface area contributed by atoms with E-state index in [1.165, 1.54) is 6.20 Å². The van der Waals surface area contributed by atoms with Crippen molar-refractivity contribution in [3.63, 3.8) is 0 Å². The lowest BCUT2D eigenvalue weighted by Crippen LogP contribution is -2.45. The molecule has 0 radical (unpaired) electrons. The molecule has 24 heavy (non-hydrogen) atoms. The number of rotatable bonds is 4. The zero-order chi connectivity index (χ0) is 17.3. The topological polar surface area (TPSA) is 103 Å². The van der Waals surface area contributed by atoms with E-state index >= 15 is 0 Å². The van der Waals surface area contributed by atoms with E-state index in [1.807, 2.05) is 0 Å². The molecule has 0 bridgehead atoms. The highest BCUT2D eigenvalue weighted by molar-refractivity contribution is 7.90. The fourth-order valence-electron chi connectivity index (χ4n) is 3.45. The molecule has 2 saturated heterocycles. The number of carbonyl (C=O) groups excluding carboxylic acids is 2. The van der Waals surface area contributed by atoms with Crippen molar-refractivity contribution in [3.8, 4) is 0 Å². The second-order valence-corrected chi connectivity index (χ2v) is 8.50. The summed E-state index contributed by atoms with van der Waals surface area (Å²) in [4.78, 5) is 27.7. The number of carbonyl (C=O) groups is 2. The molecule has 9 heteroatoms. The van der Waals surface area contributed by atoms with Crippen molar-refractivity contribution in [2.24, 2.45) is 0 Å². The minimum Gasteiger partial charge on any atom is -0.340 e. The lowest BCUT2D eigenvalue weighted by Gasteiger charge is -2.33. The number of hydrogen-bond donors (Lipinski definition) is 1. The summed E-state index contributed by atoms with van der Waals surface area (Å²) < 4.78 is 23.7. The van der Waals surface area contributed by atoms with E-state index in [9.17, 15) is 18.0 Å². The Kier molecular flexibility index (Phi) is 4.62. The number of aromatic amines is 1. The Balaban J connectivity index is 1.69. The summed E-state index contributed by atoms with van der Waals surface area (Å²) in [6.45, 7) is 1.85. The van der Waals surface area contributed by atoms with E-state index < -0.39 is 9.84 Å². The number of aromatic nitrogens is 2. The summed E-state index contributed by atoms with van der Waals surface area (Å²) in [6.07, 6.45) is 5.41. The number of nitrogens with zero attached hydrogens (tertiary/aromatic N) is 3. The molecule has 1 atom stereocenters. The summed E-state index contributed by atoms with van der Waals surface area (Å²) >= 11 is 0. The molecular weight excluding hydrogens is 332 g/mol. The van der Waals surface area contributed by atoms with Crippen LogP contribution in [0.2, 0.25) is 0 Å². The van der Waals surface area contributed by atoms with Gasteiger partial charge in [-0.05, 0) is 19.3 Å². The third-order valence-electron chi connectivity index (χ3n) is 4.71. The van der Waals surface area contributed by atoms with Gasteiger partial charge >= 0.3 is 0 Å². The molecule has 2 aliphatic rings. The molecule has 132 valence electrons. The molecular formula is C15H22N4O4S. The minimum absolute atomic E-state index is 0.0323. The highest BCUT2D eigenvalue weighted by Gasteiger charge is 2.31. The molecule has 3 heterocycles. The Bertz CT molecular complexity index is 742. The monoisotopic (exact) mass is 354 g/mol. The molecule has 0 saturated carbocycles. The van der Waals surface area contributed by atoms with Crippen molar-refractivity contribution < 1.29 is 18.0 Å². The lowest BCUT2D eigenvalue weighted by atomic mass is 9.95. The number of sulfone groups is 1. The molecule has 2 aliphatic heterocycles. The number of amides is 2. The van der Waals surface area contributed by atoms with Crippen LogP contribution in [0.15, 0.2) is 11.1 Å². The van der Waals surface area contributed by atoms with Gasteiger partial charge in [0.15, 0.2) is 9.84 Å². The first kappa shape index (κ1) is 16.9. The van der Waals surface area contributed by atoms with Gasteiger partial charge in [0.05, 0.1) is 18.4 Å². The van der Waals surface area contributed by atoms with Crippen LogP contribution in [0.3, 0.4) is 0 Å². The third kappa shape index (κ3) is 3.45. The van der Waals surface area contributed by atoms with E-state index in [0.717, 1.165) is 25.5 Å². The van der Waals surface area contributed by atoms with Crippen molar-refractivity contribution in [2.75, 3.05) is 32.4 Å². The van der Waals surface area contributed by atoms with E-state index in [1.54, 1.807) is 9.80 Å². The van der Waals surface area contributed by atoms with Gasteiger partial charge in [-0.15, -0.1) is 0 Å². The zero-order valence-electron chi connectivity index (χ0n) is 13.7. The van der Waals surface area contributed by atoms with Crippen LogP contribution in [0.4, 0.5) is 0 Å². The Hall–Kier alpha value is -1.90. The van der Waals surface area contributed by atoms with Gasteiger partial charge in [0.1, 0.15) is 4.90 Å². The maximum absolute atomic E-state index is 12.5. The standard InChI is InChI=1S/C15H22N4O4S/c1-24(22,23)12-8-16-17-15(12)11-4-2-6-18(9-11)14(21)10-19-7-3-5-13(19)20/h8,11H,2-7,9-10H2,1H3,(H,16,17)/t11-/m0/s1. The molecule has 0 aromatic carbocycles. The molecule has 2 fully saturated rings. The SMILES string of the molecule is CS(=O)(=O)c1cn[nH]c1[C@H]1CCCN(C(=O)CN2CCCC2=O)C1. The summed E-state index contributed by atoms with van der Waals surface area (Å²) in [6, 6.07) is 0. The van der Waals surface area contributed by atoms with Crippen LogP contribution >= 0.6 is 0 Å². The maximum atomic E-state index is 12.5. The van der Waals surface area contributed by atoms with E-state index in [4.69, 9.17) is 0 Å². The van der Waals surface area contributed by atoms with Crippen LogP contribution in [0.25, 0.3) is 0 Å². The summed E-state index contributed by atoms with van der Waals surface area (Å²) in [7, 11) is -3.35. The van der Waals surface area contributed by atoms with E-state index in [0.29, 0.717) is 31.7 Å². The number of nitrogens with one attached hydrogen (secondary N) is 1. The molecule has 3 rings (SSSR count). The minimum atomic E-state index is -3.35. The summed E-state index contributed by atoms with van der Waals surface area (Å²) in [5.74, 6) is -0.121. The van der Waals surface area contributed by atoms with Crippen LogP contribution in [-0.2, 0) is 19.4 Å². The van der Waals surface area contributed by atoms with Gasteiger partial charge in [-0.3, -0.25) is 14.7 Å². The third-order valence-corrected chi connectivity index (χ3v) is 5.84. The molecule has 2 amide bonds. The normalized spacial score (nSPS) is 22.2. The first-order valence-corrected chi connectivity index (χ1v) is 10.0. The Morgan fingerprint density at radius 1 is 1.38 bits per heavy atom. The molecule has 0 spiro atoms. The van der Waals surface area contributed by atoms with Crippen LogP contribution in [0.5, 0.6) is 0 Å². The fourth-order valence-corrected chi connectivity index (χ4v) is 4.30. The van der Waals surface area contributed by atoms with Crippen LogP contribution in [0.1, 0.15) is 37.3 Å². The van der Waals surface area contributed by atoms with Gasteiger partial charge in [0, 0.05) is 38.2 Å². The van der Waals surface area contributed by atoms with Crippen LogP contribution < -0.4 is 0 Å². The number of H-pyrrole nitrogens is 1. The second-order valence-electron chi connectivity index (χ2n) is 6.52. The van der Waals surface area contributed by atoms with Gasteiger partial charge in [-0.2, -0.15) is 5.10 Å². The molecule has 0 aliphatic carbocycles. The summed E-state index contributed by atoms with van der Waals surface area (Å²) in [5, 5.41) is 6.66. The quantitative estimate of drug-likeness (QED) is 0.828. The smallest absolute Gasteiger partial charge is 0.242 e. The Labute approximate surface area is 141 Å². The average molecular weight is 354 g/mol. The summed E-state index contributed by atoms with van der Waals surface area (Å²) in [5.41, 5.74) is 0.576. The predicted molar refractivity (Wildman–Crippen MR) is 86.1 cm³/mol. The van der Waals surface area contributed by atoms with Crippen molar-refractivity contribution in [3.05, 3.63) is 11.9 Å². The number of piperidine rings is 1. The van der Waals surface area contributed by atoms with Gasteiger partial charge in [-0.25, -0.2) is 8.42 Å². The van der Waals surface area contributed by atoms with E-state index in [-0.39, 0.29) is 29.2 Å². The van der Waals surface area contributed by atoms with Gasteiger partial charge in [-0.1, -0.05) is 0 Å². The zero-order valence-corrected chi connectivity index (χ0v) is 14.5. The first-order valence-electron chi connectivity index (χ1n) is 8.15.